The molecule has 0 radical (unpaired) electrons. The second kappa shape index (κ2) is 9.87. The Hall–Kier alpha value is -3.65. The molecule has 0 spiro atoms. The van der Waals surface area contributed by atoms with Crippen molar-refractivity contribution in [3.63, 3.8) is 0 Å². The molecule has 2 amide bonds. The lowest BCUT2D eigenvalue weighted by Crippen LogP contribution is -2.48. The van der Waals surface area contributed by atoms with Gasteiger partial charge in [-0.1, -0.05) is 61.5 Å². The van der Waals surface area contributed by atoms with Gasteiger partial charge in [-0.25, -0.2) is 9.59 Å². The van der Waals surface area contributed by atoms with Gasteiger partial charge in [0.05, 0.1) is 0 Å². The number of carbonyl (C=O) groups is 3. The van der Waals surface area contributed by atoms with E-state index in [1.54, 1.807) is 24.4 Å². The van der Waals surface area contributed by atoms with Crippen molar-refractivity contribution in [3.05, 3.63) is 82.0 Å². The maximum atomic E-state index is 12.7. The minimum atomic E-state index is -1.17. The Balaban J connectivity index is 1.39. The summed E-state index contributed by atoms with van der Waals surface area (Å²) in [6.45, 7) is 1.86. The molecule has 8 heteroatoms. The number of amides is 2. The van der Waals surface area contributed by atoms with Crippen LogP contribution in [0.3, 0.4) is 0 Å². The van der Waals surface area contributed by atoms with Crippen molar-refractivity contribution < 1.29 is 24.2 Å². The highest BCUT2D eigenvalue weighted by molar-refractivity contribution is 7.10. The minimum Gasteiger partial charge on any atom is -0.479 e. The monoisotopic (exact) mass is 464 g/mol. The Morgan fingerprint density at radius 3 is 2.15 bits per heavy atom. The molecular weight excluding hydrogens is 440 g/mol. The van der Waals surface area contributed by atoms with Gasteiger partial charge in [-0.15, -0.1) is 11.3 Å². The zero-order chi connectivity index (χ0) is 23.4. The third kappa shape index (κ3) is 4.75. The van der Waals surface area contributed by atoms with Crippen LogP contribution in [0.4, 0.5) is 4.79 Å². The van der Waals surface area contributed by atoms with E-state index in [1.807, 2.05) is 36.4 Å². The number of ether oxygens (including phenoxy) is 1. The van der Waals surface area contributed by atoms with Crippen molar-refractivity contribution in [1.29, 1.82) is 0 Å². The summed E-state index contributed by atoms with van der Waals surface area (Å²) in [7, 11) is 0. The molecule has 2 atom stereocenters. The van der Waals surface area contributed by atoms with Crippen LogP contribution in [0.15, 0.2) is 66.0 Å². The molecule has 0 bridgehead atoms. The summed E-state index contributed by atoms with van der Waals surface area (Å²) in [5.41, 5.74) is 4.44. The number of hydrogen-bond donors (Lipinski definition) is 3. The SMILES string of the molecule is CC[C@@H](NC(=O)OCC1c2ccccc2-c2ccccc21)C(=O)NC(C(=O)O)c1cccs1. The number of fused-ring (bicyclic) bond motifs is 3. The molecule has 0 saturated heterocycles. The molecule has 2 aromatic carbocycles. The van der Waals surface area contributed by atoms with Crippen LogP contribution in [-0.2, 0) is 14.3 Å². The van der Waals surface area contributed by atoms with Gasteiger partial charge in [0.25, 0.3) is 0 Å². The third-order valence-corrected chi connectivity index (χ3v) is 6.66. The van der Waals surface area contributed by atoms with Crippen LogP contribution in [0, 0.1) is 0 Å². The predicted octanol–water partition coefficient (Wildman–Crippen LogP) is 4.31. The van der Waals surface area contributed by atoms with Crippen molar-refractivity contribution in [2.75, 3.05) is 6.61 Å². The Kier molecular flexibility index (Phi) is 6.74. The number of alkyl carbamates (subject to hydrolysis) is 1. The molecule has 1 heterocycles. The van der Waals surface area contributed by atoms with Crippen molar-refractivity contribution >= 4 is 29.3 Å². The van der Waals surface area contributed by atoms with E-state index in [1.165, 1.54) is 11.3 Å². The fraction of sp³-hybridized carbons (Fsp3) is 0.240. The topological polar surface area (TPSA) is 105 Å². The number of rotatable bonds is 8. The fourth-order valence-electron chi connectivity index (χ4n) is 4.09. The summed E-state index contributed by atoms with van der Waals surface area (Å²) < 4.78 is 5.50. The number of nitrogens with one attached hydrogen (secondary N) is 2. The molecule has 3 N–H and O–H groups in total. The van der Waals surface area contributed by atoms with Gasteiger partial charge in [0.15, 0.2) is 6.04 Å². The largest absolute Gasteiger partial charge is 0.479 e. The molecule has 0 aliphatic heterocycles. The molecular formula is C25H24N2O5S. The number of thiophene rings is 1. The first-order chi connectivity index (χ1) is 16.0. The van der Waals surface area contributed by atoms with Gasteiger partial charge in [-0.2, -0.15) is 0 Å². The van der Waals surface area contributed by atoms with Gasteiger partial charge in [-0.3, -0.25) is 4.79 Å². The maximum absolute atomic E-state index is 12.7. The molecule has 1 aliphatic carbocycles. The van der Waals surface area contributed by atoms with Crippen molar-refractivity contribution in [2.45, 2.75) is 31.3 Å². The lowest BCUT2D eigenvalue weighted by atomic mass is 9.98. The summed E-state index contributed by atoms with van der Waals surface area (Å²) in [6.07, 6.45) is -0.436. The zero-order valence-electron chi connectivity index (χ0n) is 18.0. The Morgan fingerprint density at radius 1 is 0.970 bits per heavy atom. The summed E-state index contributed by atoms with van der Waals surface area (Å²) >= 11 is 1.24. The Bertz CT molecular complexity index is 1120. The van der Waals surface area contributed by atoms with E-state index in [0.29, 0.717) is 4.88 Å². The first-order valence-corrected chi connectivity index (χ1v) is 11.6. The number of benzene rings is 2. The van der Waals surface area contributed by atoms with Gasteiger partial charge in [0.2, 0.25) is 5.91 Å². The van der Waals surface area contributed by atoms with Crippen molar-refractivity contribution in [1.82, 2.24) is 10.6 Å². The second-order valence-electron chi connectivity index (χ2n) is 7.73. The Labute approximate surface area is 195 Å². The molecule has 3 aromatic rings. The number of carbonyl (C=O) groups excluding carboxylic acids is 2. The molecule has 1 aromatic heterocycles. The van der Waals surface area contributed by atoms with Crippen molar-refractivity contribution in [3.8, 4) is 11.1 Å². The molecule has 1 unspecified atom stereocenters. The average Bonchev–Trinajstić information content (AvgIpc) is 3.46. The van der Waals surface area contributed by atoms with E-state index in [4.69, 9.17) is 4.74 Å². The molecule has 7 nitrogen and oxygen atoms in total. The first kappa shape index (κ1) is 22.5. The van der Waals surface area contributed by atoms with Crippen LogP contribution < -0.4 is 10.6 Å². The average molecular weight is 465 g/mol. The van der Waals surface area contributed by atoms with Crippen LogP contribution in [0.2, 0.25) is 0 Å². The minimum absolute atomic E-state index is 0.0905. The summed E-state index contributed by atoms with van der Waals surface area (Å²) in [5.74, 6) is -1.83. The number of aliphatic carboxylic acids is 1. The fourth-order valence-corrected chi connectivity index (χ4v) is 4.86. The molecule has 33 heavy (non-hydrogen) atoms. The first-order valence-electron chi connectivity index (χ1n) is 10.7. The highest BCUT2D eigenvalue weighted by Crippen LogP contribution is 2.44. The lowest BCUT2D eigenvalue weighted by Gasteiger charge is -2.20. The molecule has 0 saturated carbocycles. The van der Waals surface area contributed by atoms with Crippen LogP contribution in [0.25, 0.3) is 11.1 Å². The highest BCUT2D eigenvalue weighted by atomic mass is 32.1. The van der Waals surface area contributed by atoms with Gasteiger partial charge < -0.3 is 20.5 Å². The quantitative estimate of drug-likeness (QED) is 0.461. The van der Waals surface area contributed by atoms with Gasteiger partial charge >= 0.3 is 12.1 Å². The Morgan fingerprint density at radius 2 is 1.61 bits per heavy atom. The number of carboxylic acid groups (broad SMARTS) is 1. The normalized spacial score (nSPS) is 14.0. The number of carboxylic acids is 1. The van der Waals surface area contributed by atoms with Crippen LogP contribution in [0.1, 0.15) is 41.3 Å². The third-order valence-electron chi connectivity index (χ3n) is 5.72. The standard InChI is InChI=1S/C25H24N2O5S/c1-2-20(23(28)27-22(24(29)30)21-12-7-13-33-21)26-25(31)32-14-19-17-10-5-3-8-15(17)16-9-4-6-11-18(16)19/h3-13,19-20,22H,2,14H2,1H3,(H,26,31)(H,27,28)(H,29,30)/t20-,22?/m1/s1. The summed E-state index contributed by atoms with van der Waals surface area (Å²) in [5, 5.41) is 16.3. The highest BCUT2D eigenvalue weighted by Gasteiger charge is 2.30. The molecule has 4 rings (SSSR count). The summed E-state index contributed by atoms with van der Waals surface area (Å²) in [6, 6.07) is 17.3. The summed E-state index contributed by atoms with van der Waals surface area (Å²) in [4.78, 5) is 37.3. The maximum Gasteiger partial charge on any atom is 0.407 e. The van der Waals surface area contributed by atoms with E-state index in [-0.39, 0.29) is 18.9 Å². The van der Waals surface area contributed by atoms with Gasteiger partial charge in [0, 0.05) is 10.8 Å². The molecule has 0 fully saturated rings. The predicted molar refractivity (Wildman–Crippen MR) is 125 cm³/mol. The lowest BCUT2D eigenvalue weighted by molar-refractivity contribution is -0.142. The van der Waals surface area contributed by atoms with E-state index in [0.717, 1.165) is 22.3 Å². The van der Waals surface area contributed by atoms with E-state index >= 15 is 0 Å². The van der Waals surface area contributed by atoms with Crippen LogP contribution >= 0.6 is 11.3 Å². The van der Waals surface area contributed by atoms with E-state index in [9.17, 15) is 19.5 Å². The smallest absolute Gasteiger partial charge is 0.407 e. The molecule has 170 valence electrons. The van der Waals surface area contributed by atoms with Crippen LogP contribution in [0.5, 0.6) is 0 Å². The van der Waals surface area contributed by atoms with E-state index in [2.05, 4.69) is 22.8 Å². The van der Waals surface area contributed by atoms with Crippen LogP contribution in [-0.4, -0.2) is 35.7 Å². The number of hydrogen-bond acceptors (Lipinski definition) is 5. The second-order valence-corrected chi connectivity index (χ2v) is 8.71. The van der Waals surface area contributed by atoms with E-state index < -0.39 is 30.1 Å². The molecule has 1 aliphatic rings. The van der Waals surface area contributed by atoms with Gasteiger partial charge in [0.1, 0.15) is 12.6 Å². The zero-order valence-corrected chi connectivity index (χ0v) is 18.8. The van der Waals surface area contributed by atoms with Crippen molar-refractivity contribution in [2.24, 2.45) is 0 Å². The van der Waals surface area contributed by atoms with Gasteiger partial charge in [-0.05, 0) is 40.1 Å².